The Hall–Kier alpha value is -2.28. The maximum absolute atomic E-state index is 10.6. The van der Waals surface area contributed by atoms with E-state index in [1.54, 1.807) is 12.1 Å². The van der Waals surface area contributed by atoms with Gasteiger partial charge in [-0.25, -0.2) is 0 Å². The third-order valence-corrected chi connectivity index (χ3v) is 2.56. The Kier molecular flexibility index (Phi) is 3.86. The molecule has 0 spiro atoms. The minimum Gasteiger partial charge on any atom is -0.415 e. The molecule has 0 atom stereocenters. The first kappa shape index (κ1) is 13.2. The Balaban J connectivity index is 2.11. The van der Waals surface area contributed by atoms with Crippen LogP contribution in [-0.2, 0) is 6.54 Å². The average molecular weight is 263 g/mol. The molecule has 2 aromatic rings. The minimum absolute atomic E-state index is 0.0385. The molecule has 0 fully saturated rings. The van der Waals surface area contributed by atoms with Gasteiger partial charge in [0.2, 0.25) is 5.89 Å². The van der Waals surface area contributed by atoms with Gasteiger partial charge in [0.1, 0.15) is 0 Å². The van der Waals surface area contributed by atoms with Crippen molar-refractivity contribution in [1.29, 1.82) is 0 Å². The van der Waals surface area contributed by atoms with Crippen LogP contribution >= 0.6 is 0 Å². The topological polar surface area (TPSA) is 98.7 Å². The zero-order chi connectivity index (χ0) is 13.8. The molecule has 7 nitrogen and oxygen atoms in total. The number of nitrogens with zero attached hydrogens (tertiary/aromatic N) is 3. The van der Waals surface area contributed by atoms with Crippen LogP contribution in [0.4, 0.5) is 5.69 Å². The van der Waals surface area contributed by atoms with E-state index in [1.165, 1.54) is 12.1 Å². The molecule has 0 amide bonds. The highest BCUT2D eigenvalue weighted by Gasteiger charge is 2.12. The predicted molar refractivity (Wildman–Crippen MR) is 67.2 cm³/mol. The molecule has 100 valence electrons. The quantitative estimate of drug-likeness (QED) is 0.643. The zero-order valence-corrected chi connectivity index (χ0v) is 10.7. The predicted octanol–water partition coefficient (Wildman–Crippen LogP) is 1.12. The van der Waals surface area contributed by atoms with Crippen molar-refractivity contribution >= 4 is 5.69 Å². The standard InChI is InChI=1S/C12H14N4O3/c1-8(2)13-7-11-14-15-12(19-11)9-3-5-10(6-4-9)16(17)18/h3-6,8,13H,7H2,1-2H3/p+1. The van der Waals surface area contributed by atoms with Gasteiger partial charge in [-0.1, -0.05) is 0 Å². The van der Waals surface area contributed by atoms with E-state index in [4.69, 9.17) is 4.42 Å². The van der Waals surface area contributed by atoms with Crippen LogP contribution in [0.5, 0.6) is 0 Å². The molecule has 1 heterocycles. The van der Waals surface area contributed by atoms with Crippen molar-refractivity contribution in [3.63, 3.8) is 0 Å². The van der Waals surface area contributed by atoms with E-state index >= 15 is 0 Å². The summed E-state index contributed by atoms with van der Waals surface area (Å²) in [7, 11) is 0. The van der Waals surface area contributed by atoms with E-state index < -0.39 is 4.92 Å². The first-order chi connectivity index (χ1) is 9.06. The Labute approximate surface area is 109 Å². The molecule has 0 aliphatic rings. The van der Waals surface area contributed by atoms with E-state index in [0.717, 1.165) is 0 Å². The van der Waals surface area contributed by atoms with E-state index in [1.807, 2.05) is 0 Å². The van der Waals surface area contributed by atoms with Gasteiger partial charge < -0.3 is 9.73 Å². The van der Waals surface area contributed by atoms with E-state index in [-0.39, 0.29) is 5.69 Å². The molecular weight excluding hydrogens is 248 g/mol. The SMILES string of the molecule is CC(C)[NH2+]Cc1nnc(-c2ccc([N+](=O)[O-])cc2)o1. The number of non-ortho nitro benzene ring substituents is 1. The molecule has 0 bridgehead atoms. The lowest BCUT2D eigenvalue weighted by Gasteiger charge is -2.00. The number of rotatable bonds is 5. The summed E-state index contributed by atoms with van der Waals surface area (Å²) in [5.41, 5.74) is 0.713. The first-order valence-corrected chi connectivity index (χ1v) is 5.97. The summed E-state index contributed by atoms with van der Waals surface area (Å²) in [6.45, 7) is 4.78. The second-order valence-electron chi connectivity index (χ2n) is 4.49. The number of nitrogens with two attached hydrogens (primary N) is 1. The number of nitro benzene ring substituents is 1. The summed E-state index contributed by atoms with van der Waals surface area (Å²) >= 11 is 0. The average Bonchev–Trinajstić information content (AvgIpc) is 2.85. The maximum Gasteiger partial charge on any atom is 0.271 e. The van der Waals surface area contributed by atoms with Crippen molar-refractivity contribution in [2.75, 3.05) is 0 Å². The van der Waals surface area contributed by atoms with Crippen LogP contribution in [0.3, 0.4) is 0 Å². The lowest BCUT2D eigenvalue weighted by molar-refractivity contribution is -0.700. The Morgan fingerprint density at radius 3 is 2.58 bits per heavy atom. The molecule has 0 unspecified atom stereocenters. The number of nitro groups is 1. The van der Waals surface area contributed by atoms with Crippen molar-refractivity contribution in [2.24, 2.45) is 0 Å². The van der Waals surface area contributed by atoms with Crippen LogP contribution < -0.4 is 5.32 Å². The fourth-order valence-corrected chi connectivity index (χ4v) is 1.51. The number of hydrogen-bond donors (Lipinski definition) is 1. The maximum atomic E-state index is 10.6. The van der Waals surface area contributed by atoms with Gasteiger partial charge in [-0.3, -0.25) is 10.1 Å². The Bertz CT molecular complexity index is 563. The summed E-state index contributed by atoms with van der Waals surface area (Å²) in [5, 5.41) is 20.5. The monoisotopic (exact) mass is 263 g/mol. The summed E-state index contributed by atoms with van der Waals surface area (Å²) in [6.07, 6.45) is 0. The van der Waals surface area contributed by atoms with Crippen molar-refractivity contribution in [1.82, 2.24) is 10.2 Å². The van der Waals surface area contributed by atoms with E-state index in [0.29, 0.717) is 29.9 Å². The summed E-state index contributed by atoms with van der Waals surface area (Å²) < 4.78 is 5.50. The molecule has 1 aromatic heterocycles. The van der Waals surface area contributed by atoms with Crippen LogP contribution in [0.1, 0.15) is 19.7 Å². The third-order valence-electron chi connectivity index (χ3n) is 2.56. The van der Waals surface area contributed by atoms with E-state index in [2.05, 4.69) is 29.4 Å². The molecule has 0 aliphatic carbocycles. The third kappa shape index (κ3) is 3.35. The van der Waals surface area contributed by atoms with Gasteiger partial charge in [-0.05, 0) is 26.0 Å². The van der Waals surface area contributed by atoms with Gasteiger partial charge in [0, 0.05) is 17.7 Å². The van der Waals surface area contributed by atoms with Crippen molar-refractivity contribution in [2.45, 2.75) is 26.4 Å². The molecular formula is C12H15N4O3+. The largest absolute Gasteiger partial charge is 0.415 e. The lowest BCUT2D eigenvalue weighted by Crippen LogP contribution is -2.87. The smallest absolute Gasteiger partial charge is 0.271 e. The summed E-state index contributed by atoms with van der Waals surface area (Å²) in [4.78, 5) is 10.1. The number of hydrogen-bond acceptors (Lipinski definition) is 5. The molecule has 0 aliphatic heterocycles. The van der Waals surface area contributed by atoms with Gasteiger partial charge >= 0.3 is 0 Å². The second kappa shape index (κ2) is 5.57. The van der Waals surface area contributed by atoms with Crippen molar-refractivity contribution in [3.05, 3.63) is 40.3 Å². The van der Waals surface area contributed by atoms with Crippen molar-refractivity contribution < 1.29 is 14.7 Å². The van der Waals surface area contributed by atoms with Crippen LogP contribution in [0.25, 0.3) is 11.5 Å². The second-order valence-corrected chi connectivity index (χ2v) is 4.49. The normalized spacial score (nSPS) is 10.9. The lowest BCUT2D eigenvalue weighted by atomic mass is 10.2. The van der Waals surface area contributed by atoms with E-state index in [9.17, 15) is 10.1 Å². The first-order valence-electron chi connectivity index (χ1n) is 5.97. The van der Waals surface area contributed by atoms with Gasteiger partial charge in [0.05, 0.1) is 11.0 Å². The van der Waals surface area contributed by atoms with Gasteiger partial charge in [-0.2, -0.15) is 0 Å². The number of benzene rings is 1. The molecule has 1 aromatic carbocycles. The van der Waals surface area contributed by atoms with Gasteiger partial charge in [0.15, 0.2) is 6.54 Å². The summed E-state index contributed by atoms with van der Waals surface area (Å²) in [5.74, 6) is 0.920. The minimum atomic E-state index is -0.444. The number of quaternary nitrogens is 1. The number of aromatic nitrogens is 2. The van der Waals surface area contributed by atoms with Crippen molar-refractivity contribution in [3.8, 4) is 11.5 Å². The molecule has 0 saturated carbocycles. The molecule has 7 heteroatoms. The van der Waals surface area contributed by atoms with Crippen LogP contribution in [0.15, 0.2) is 28.7 Å². The molecule has 19 heavy (non-hydrogen) atoms. The van der Waals surface area contributed by atoms with Crippen LogP contribution in [0, 0.1) is 10.1 Å². The van der Waals surface area contributed by atoms with Gasteiger partial charge in [-0.15, -0.1) is 10.2 Å². The Morgan fingerprint density at radius 2 is 2.00 bits per heavy atom. The zero-order valence-electron chi connectivity index (χ0n) is 10.7. The van der Waals surface area contributed by atoms with Gasteiger partial charge in [0.25, 0.3) is 11.6 Å². The fourth-order valence-electron chi connectivity index (χ4n) is 1.51. The highest BCUT2D eigenvalue weighted by atomic mass is 16.6. The molecule has 0 saturated heterocycles. The fraction of sp³-hybridized carbons (Fsp3) is 0.333. The van der Waals surface area contributed by atoms with Crippen LogP contribution in [-0.4, -0.2) is 21.2 Å². The highest BCUT2D eigenvalue weighted by Crippen LogP contribution is 2.20. The molecule has 2 N–H and O–H groups in total. The summed E-state index contributed by atoms with van der Waals surface area (Å²) in [6, 6.07) is 6.48. The highest BCUT2D eigenvalue weighted by molar-refractivity contribution is 5.55. The molecule has 0 radical (unpaired) electrons. The molecule has 2 rings (SSSR count). The van der Waals surface area contributed by atoms with Crippen LogP contribution in [0.2, 0.25) is 0 Å². The Morgan fingerprint density at radius 1 is 1.32 bits per heavy atom.